The Morgan fingerprint density at radius 3 is 0.778 bits per heavy atom. The predicted octanol–water partition coefficient (Wildman–Crippen LogP) is 24.4. The second-order valence-electron chi connectivity index (χ2n) is 23.8. The van der Waals surface area contributed by atoms with Gasteiger partial charge in [0.25, 0.3) is 0 Å². The third-order valence-electron chi connectivity index (χ3n) is 15.7. The van der Waals surface area contributed by atoms with Gasteiger partial charge in [0.1, 0.15) is 13.2 Å². The summed E-state index contributed by atoms with van der Waals surface area (Å²) < 4.78 is 17.0. The van der Waals surface area contributed by atoms with Crippen molar-refractivity contribution in [3.8, 4) is 0 Å². The van der Waals surface area contributed by atoms with Gasteiger partial charge in [-0.1, -0.05) is 331 Å². The summed E-state index contributed by atoms with van der Waals surface area (Å²) in [6.07, 6.45) is 90.8. The topological polar surface area (TPSA) is 78.9 Å². The molecule has 0 spiro atoms. The van der Waals surface area contributed by atoms with Crippen LogP contribution in [-0.4, -0.2) is 37.2 Å². The van der Waals surface area contributed by atoms with Crippen molar-refractivity contribution in [2.24, 2.45) is 0 Å². The maximum atomic E-state index is 13.0. The molecule has 0 saturated heterocycles. The van der Waals surface area contributed by atoms with E-state index >= 15 is 0 Å². The van der Waals surface area contributed by atoms with Gasteiger partial charge in [-0.25, -0.2) is 0 Å². The average Bonchev–Trinajstić information content (AvgIpc) is 3.47. The summed E-state index contributed by atoms with van der Waals surface area (Å²) in [6.45, 7) is 6.54. The number of esters is 3. The lowest BCUT2D eigenvalue weighted by atomic mass is 10.0. The average molecular weight is 1130 g/mol. The predicted molar refractivity (Wildman–Crippen MR) is 353 cm³/mol. The minimum absolute atomic E-state index is 0.0859. The maximum absolute atomic E-state index is 13.0. The van der Waals surface area contributed by atoms with Crippen molar-refractivity contribution >= 4 is 17.9 Å². The molecule has 0 aliphatic heterocycles. The van der Waals surface area contributed by atoms with Gasteiger partial charge in [0, 0.05) is 19.3 Å². The Kier molecular flexibility index (Phi) is 66.6. The lowest BCUT2D eigenvalue weighted by Gasteiger charge is -2.18. The first-order valence-corrected chi connectivity index (χ1v) is 35.4. The third kappa shape index (κ3) is 67.5. The van der Waals surface area contributed by atoms with Crippen LogP contribution in [0.2, 0.25) is 0 Å². The Bertz CT molecular complexity index is 1490. The van der Waals surface area contributed by atoms with Gasteiger partial charge in [-0.2, -0.15) is 0 Å². The van der Waals surface area contributed by atoms with E-state index in [1.807, 2.05) is 0 Å². The van der Waals surface area contributed by atoms with Crippen LogP contribution in [0.4, 0.5) is 0 Å². The minimum Gasteiger partial charge on any atom is -0.462 e. The molecule has 1 atom stereocenters. The lowest BCUT2D eigenvalue weighted by molar-refractivity contribution is -0.167. The molecule has 0 aliphatic carbocycles. The molecule has 6 nitrogen and oxygen atoms in total. The fraction of sp³-hybridized carbons (Fsp3) is 0.800. The summed E-state index contributed by atoms with van der Waals surface area (Å²) in [6, 6.07) is 0. The molecule has 6 heteroatoms. The molecule has 0 radical (unpaired) electrons. The van der Waals surface area contributed by atoms with Crippen molar-refractivity contribution in [1.29, 1.82) is 0 Å². The largest absolute Gasteiger partial charge is 0.462 e. The normalized spacial score (nSPS) is 12.5. The number of ether oxygens (including phenoxy) is 3. The van der Waals surface area contributed by atoms with Gasteiger partial charge < -0.3 is 14.2 Å². The van der Waals surface area contributed by atoms with Gasteiger partial charge in [0.2, 0.25) is 0 Å². The first-order chi connectivity index (χ1) is 40.0. The molecule has 81 heavy (non-hydrogen) atoms. The van der Waals surface area contributed by atoms with E-state index < -0.39 is 6.10 Å². The van der Waals surface area contributed by atoms with Gasteiger partial charge in [-0.3, -0.25) is 14.4 Å². The summed E-state index contributed by atoms with van der Waals surface area (Å²) in [4.78, 5) is 38.4. The van der Waals surface area contributed by atoms with Crippen LogP contribution in [0.5, 0.6) is 0 Å². The summed E-state index contributed by atoms with van der Waals surface area (Å²) in [5.41, 5.74) is 0. The zero-order chi connectivity index (χ0) is 58.5. The maximum Gasteiger partial charge on any atom is 0.306 e. The van der Waals surface area contributed by atoms with Crippen LogP contribution in [0, 0.1) is 0 Å². The third-order valence-corrected chi connectivity index (χ3v) is 15.7. The fourth-order valence-electron chi connectivity index (χ4n) is 10.4. The monoisotopic (exact) mass is 1130 g/mol. The molecule has 0 bridgehead atoms. The Hall–Kier alpha value is -3.15. The molecule has 470 valence electrons. The highest BCUT2D eigenvalue weighted by atomic mass is 16.6. The summed E-state index contributed by atoms with van der Waals surface area (Å²) in [5, 5.41) is 0. The van der Waals surface area contributed by atoms with E-state index in [1.54, 1.807) is 0 Å². The van der Waals surface area contributed by atoms with Crippen molar-refractivity contribution < 1.29 is 28.6 Å². The van der Waals surface area contributed by atoms with E-state index in [0.29, 0.717) is 19.3 Å². The van der Waals surface area contributed by atoms with Gasteiger partial charge in [0.05, 0.1) is 0 Å². The minimum atomic E-state index is -0.794. The first-order valence-electron chi connectivity index (χ1n) is 35.4. The smallest absolute Gasteiger partial charge is 0.306 e. The molecular formula is C75H134O6. The van der Waals surface area contributed by atoms with Crippen LogP contribution >= 0.6 is 0 Å². The molecule has 0 amide bonds. The van der Waals surface area contributed by atoms with Crippen LogP contribution in [0.3, 0.4) is 0 Å². The number of carbonyl (C=O) groups excluding carboxylic acids is 3. The molecule has 0 aliphatic rings. The van der Waals surface area contributed by atoms with Crippen LogP contribution in [-0.2, 0) is 28.6 Å². The van der Waals surface area contributed by atoms with Crippen molar-refractivity contribution in [3.63, 3.8) is 0 Å². The number of carbonyl (C=O) groups is 3. The van der Waals surface area contributed by atoms with E-state index in [0.717, 1.165) is 89.9 Å². The highest BCUT2D eigenvalue weighted by Gasteiger charge is 2.19. The molecule has 0 fully saturated rings. The molecule has 0 N–H and O–H groups in total. The van der Waals surface area contributed by atoms with Crippen molar-refractivity contribution in [2.45, 2.75) is 374 Å². The summed E-state index contributed by atoms with van der Waals surface area (Å²) in [5.74, 6) is -0.910. The van der Waals surface area contributed by atoms with E-state index in [1.165, 1.54) is 238 Å². The van der Waals surface area contributed by atoms with E-state index in [4.69, 9.17) is 14.2 Å². The van der Waals surface area contributed by atoms with E-state index in [9.17, 15) is 14.4 Å². The second kappa shape index (κ2) is 69.3. The number of hydrogen-bond acceptors (Lipinski definition) is 6. The van der Waals surface area contributed by atoms with E-state index in [2.05, 4.69) is 93.7 Å². The molecule has 0 saturated carbocycles. The highest BCUT2D eigenvalue weighted by molar-refractivity contribution is 5.71. The summed E-state index contributed by atoms with van der Waals surface area (Å²) in [7, 11) is 0. The van der Waals surface area contributed by atoms with Crippen molar-refractivity contribution in [2.75, 3.05) is 13.2 Å². The molecule has 1 unspecified atom stereocenters. The first kappa shape index (κ1) is 77.9. The highest BCUT2D eigenvalue weighted by Crippen LogP contribution is 2.18. The molecule has 0 aromatic rings. The fourth-order valence-corrected chi connectivity index (χ4v) is 10.4. The Balaban J connectivity index is 4.31. The number of allylic oxidation sites excluding steroid dienone is 12. The second-order valence-corrected chi connectivity index (χ2v) is 23.8. The van der Waals surface area contributed by atoms with Gasteiger partial charge in [0.15, 0.2) is 6.10 Å². The molecular weight excluding hydrogens is 997 g/mol. The zero-order valence-electron chi connectivity index (χ0n) is 54.1. The van der Waals surface area contributed by atoms with Crippen LogP contribution in [0.1, 0.15) is 367 Å². The number of hydrogen-bond donors (Lipinski definition) is 0. The summed E-state index contributed by atoms with van der Waals surface area (Å²) >= 11 is 0. The zero-order valence-corrected chi connectivity index (χ0v) is 54.1. The van der Waals surface area contributed by atoms with Crippen LogP contribution < -0.4 is 0 Å². The van der Waals surface area contributed by atoms with Crippen LogP contribution in [0.25, 0.3) is 0 Å². The number of rotatable bonds is 65. The SMILES string of the molecule is CC/C=C\C/C=C\C/C=C\C/C=C\CCCCC(=O)OCC(COC(=O)CCCCCCCCCCCCCCCCCCCCCCCCCCC)OC(=O)CCCCCCCCCCCCC/C=C\C/C=C\CCCCCCC. The van der Waals surface area contributed by atoms with Gasteiger partial charge in [-0.05, 0) is 89.9 Å². The van der Waals surface area contributed by atoms with E-state index in [-0.39, 0.29) is 31.1 Å². The molecule has 0 heterocycles. The Labute approximate surface area is 503 Å². The quantitative estimate of drug-likeness (QED) is 0.0261. The van der Waals surface area contributed by atoms with Crippen molar-refractivity contribution in [3.05, 3.63) is 72.9 Å². The van der Waals surface area contributed by atoms with Gasteiger partial charge in [-0.15, -0.1) is 0 Å². The lowest BCUT2D eigenvalue weighted by Crippen LogP contribution is -2.30. The van der Waals surface area contributed by atoms with Crippen molar-refractivity contribution in [1.82, 2.24) is 0 Å². The Morgan fingerprint density at radius 2 is 0.481 bits per heavy atom. The number of unbranched alkanes of at least 4 members (excludes halogenated alkanes) is 42. The van der Waals surface area contributed by atoms with Crippen LogP contribution in [0.15, 0.2) is 72.9 Å². The molecule has 0 aromatic heterocycles. The molecule has 0 rings (SSSR count). The van der Waals surface area contributed by atoms with Gasteiger partial charge >= 0.3 is 17.9 Å². The molecule has 0 aromatic carbocycles. The Morgan fingerprint density at radius 1 is 0.259 bits per heavy atom. The standard InChI is InChI=1S/C75H134O6/c1-4-7-10-13-16-19-22-25-28-30-32-34-36-37-39-40-42-44-47-50-53-56-59-62-65-68-74(77)80-71-72(70-79-73(76)67-64-61-58-55-52-49-46-27-24-21-18-15-12-9-6-3)81-75(78)69-66-63-60-57-54-51-48-45-43-41-38-35-33-31-29-26-23-20-17-14-11-8-5-2/h9,12,18,21,23,26-27,31,33,46,52,55,72H,4-8,10-11,13-17,19-20,22,24-25,28-30,32,34-45,47-51,53-54,56-71H2,1-3H3/b12-9-,21-18-,26-23-,33-31-,46-27-,55-52-.